The fourth-order valence-corrected chi connectivity index (χ4v) is 3.46. The van der Waals surface area contributed by atoms with Crippen LogP contribution in [0.3, 0.4) is 0 Å². The number of ether oxygens (including phenoxy) is 1. The zero-order valence-electron chi connectivity index (χ0n) is 11.6. The summed E-state index contributed by atoms with van der Waals surface area (Å²) in [5.74, 6) is 1.69. The highest BCUT2D eigenvalue weighted by atomic mass is 16.5. The fraction of sp³-hybridized carbons (Fsp3) is 0.625. The smallest absolute Gasteiger partial charge is 0.122 e. The highest BCUT2D eigenvalue weighted by Crippen LogP contribution is 2.34. The Morgan fingerprint density at radius 2 is 2.11 bits per heavy atom. The predicted molar refractivity (Wildman–Crippen MR) is 77.6 cm³/mol. The van der Waals surface area contributed by atoms with Crippen LogP contribution in [-0.2, 0) is 0 Å². The highest BCUT2D eigenvalue weighted by molar-refractivity contribution is 5.38. The first kappa shape index (κ1) is 12.9. The number of para-hydroxylation sites is 1. The second kappa shape index (κ2) is 5.93. The number of likely N-dealkylation sites (tertiary alicyclic amines) is 1. The van der Waals surface area contributed by atoms with E-state index >= 15 is 0 Å². The van der Waals surface area contributed by atoms with E-state index in [1.54, 1.807) is 0 Å². The highest BCUT2D eigenvalue weighted by Gasteiger charge is 2.27. The average molecular weight is 260 g/mol. The van der Waals surface area contributed by atoms with Crippen LogP contribution in [0.25, 0.3) is 0 Å². The van der Waals surface area contributed by atoms with Crippen molar-refractivity contribution >= 4 is 0 Å². The Hall–Kier alpha value is -1.06. The molecule has 1 fully saturated rings. The third-order valence-electron chi connectivity index (χ3n) is 4.56. The van der Waals surface area contributed by atoms with E-state index in [1.165, 1.54) is 31.4 Å². The van der Waals surface area contributed by atoms with Crippen LogP contribution in [0, 0.1) is 0 Å². The van der Waals surface area contributed by atoms with Gasteiger partial charge in [-0.25, -0.2) is 0 Å². The number of piperidine rings is 1. The van der Waals surface area contributed by atoms with Gasteiger partial charge in [0, 0.05) is 25.0 Å². The zero-order valence-corrected chi connectivity index (χ0v) is 11.6. The van der Waals surface area contributed by atoms with Crippen LogP contribution in [0.1, 0.15) is 37.2 Å². The van der Waals surface area contributed by atoms with Gasteiger partial charge in [-0.15, -0.1) is 0 Å². The molecule has 2 unspecified atom stereocenters. The molecule has 3 heteroatoms. The summed E-state index contributed by atoms with van der Waals surface area (Å²) in [4.78, 5) is 2.61. The van der Waals surface area contributed by atoms with Crippen LogP contribution in [-0.4, -0.2) is 37.2 Å². The van der Waals surface area contributed by atoms with Gasteiger partial charge in [0.05, 0.1) is 6.61 Å². The molecule has 0 saturated carbocycles. The average Bonchev–Trinajstić information content (AvgIpc) is 2.48. The third kappa shape index (κ3) is 2.77. The molecule has 2 heterocycles. The lowest BCUT2D eigenvalue weighted by Crippen LogP contribution is -2.46. The van der Waals surface area contributed by atoms with Gasteiger partial charge in [-0.05, 0) is 37.4 Å². The number of hydrogen-bond donors (Lipinski definition) is 1. The molecule has 104 valence electrons. The largest absolute Gasteiger partial charge is 0.493 e. The summed E-state index contributed by atoms with van der Waals surface area (Å²) in [7, 11) is 0. The van der Waals surface area contributed by atoms with E-state index < -0.39 is 0 Å². The number of rotatable bonds is 3. The maximum Gasteiger partial charge on any atom is 0.122 e. The van der Waals surface area contributed by atoms with E-state index in [0.717, 1.165) is 31.9 Å². The molecule has 0 amide bonds. The lowest BCUT2D eigenvalue weighted by molar-refractivity contribution is 0.131. The van der Waals surface area contributed by atoms with Crippen molar-refractivity contribution in [3.63, 3.8) is 0 Å². The molecule has 1 aromatic rings. The van der Waals surface area contributed by atoms with Gasteiger partial charge in [0.15, 0.2) is 0 Å². The van der Waals surface area contributed by atoms with Crippen molar-refractivity contribution < 1.29 is 4.74 Å². The Balaban J connectivity index is 1.73. The minimum absolute atomic E-state index is 0.587. The molecule has 19 heavy (non-hydrogen) atoms. The molecule has 1 saturated heterocycles. The van der Waals surface area contributed by atoms with Crippen LogP contribution in [0.5, 0.6) is 5.75 Å². The molecule has 2 atom stereocenters. The maximum absolute atomic E-state index is 5.93. The summed E-state index contributed by atoms with van der Waals surface area (Å²) in [6.07, 6.45) is 5.05. The normalized spacial score (nSPS) is 27.6. The van der Waals surface area contributed by atoms with Crippen molar-refractivity contribution in [2.24, 2.45) is 5.73 Å². The van der Waals surface area contributed by atoms with Crippen LogP contribution in [0.4, 0.5) is 0 Å². The molecule has 0 radical (unpaired) electrons. The first-order valence-corrected chi connectivity index (χ1v) is 7.54. The SMILES string of the molecule is NCC1CCCCN1CC1CCOc2ccccc21. The van der Waals surface area contributed by atoms with Crippen molar-refractivity contribution in [2.75, 3.05) is 26.2 Å². The van der Waals surface area contributed by atoms with Crippen molar-refractivity contribution in [2.45, 2.75) is 37.6 Å². The monoisotopic (exact) mass is 260 g/mol. The Bertz CT molecular complexity index is 421. The number of fused-ring (bicyclic) bond motifs is 1. The van der Waals surface area contributed by atoms with Crippen LogP contribution < -0.4 is 10.5 Å². The van der Waals surface area contributed by atoms with Gasteiger partial charge < -0.3 is 10.5 Å². The van der Waals surface area contributed by atoms with Gasteiger partial charge in [0.25, 0.3) is 0 Å². The number of nitrogens with two attached hydrogens (primary N) is 1. The van der Waals surface area contributed by atoms with Gasteiger partial charge in [-0.2, -0.15) is 0 Å². The van der Waals surface area contributed by atoms with E-state index in [9.17, 15) is 0 Å². The van der Waals surface area contributed by atoms with Gasteiger partial charge in [0.2, 0.25) is 0 Å². The lowest BCUT2D eigenvalue weighted by Gasteiger charge is -2.38. The molecule has 3 nitrogen and oxygen atoms in total. The van der Waals surface area contributed by atoms with E-state index in [0.29, 0.717) is 12.0 Å². The minimum atomic E-state index is 0.587. The van der Waals surface area contributed by atoms with E-state index in [4.69, 9.17) is 10.5 Å². The number of nitrogens with zero attached hydrogens (tertiary/aromatic N) is 1. The summed E-state index contributed by atoms with van der Waals surface area (Å²) in [6.45, 7) is 4.00. The standard InChI is InChI=1S/C16H24N2O/c17-11-14-5-3-4-9-18(14)12-13-8-10-19-16-7-2-1-6-15(13)16/h1-2,6-7,13-14H,3-5,8-12,17H2. The first-order valence-electron chi connectivity index (χ1n) is 7.54. The summed E-state index contributed by atoms with van der Waals surface area (Å²) in [6, 6.07) is 9.09. The molecular formula is C16H24N2O. The molecule has 1 aromatic carbocycles. The van der Waals surface area contributed by atoms with Gasteiger partial charge in [-0.3, -0.25) is 4.90 Å². The quantitative estimate of drug-likeness (QED) is 0.906. The molecule has 3 rings (SSSR count). The fourth-order valence-electron chi connectivity index (χ4n) is 3.46. The minimum Gasteiger partial charge on any atom is -0.493 e. The van der Waals surface area contributed by atoms with Crippen molar-refractivity contribution in [1.82, 2.24) is 4.90 Å². The predicted octanol–water partition coefficient (Wildman–Crippen LogP) is 2.37. The van der Waals surface area contributed by atoms with Crippen molar-refractivity contribution in [3.8, 4) is 5.75 Å². The maximum atomic E-state index is 5.93. The van der Waals surface area contributed by atoms with E-state index in [1.807, 2.05) is 0 Å². The summed E-state index contributed by atoms with van der Waals surface area (Å²) < 4.78 is 5.75. The molecule has 2 N–H and O–H groups in total. The van der Waals surface area contributed by atoms with Crippen molar-refractivity contribution in [1.29, 1.82) is 0 Å². The summed E-state index contributed by atoms with van der Waals surface area (Å²) in [5, 5.41) is 0. The van der Waals surface area contributed by atoms with Crippen LogP contribution in [0.2, 0.25) is 0 Å². The summed E-state index contributed by atoms with van der Waals surface area (Å²) >= 11 is 0. The topological polar surface area (TPSA) is 38.5 Å². The van der Waals surface area contributed by atoms with Crippen molar-refractivity contribution in [3.05, 3.63) is 29.8 Å². The molecule has 2 aliphatic heterocycles. The first-order chi connectivity index (χ1) is 9.38. The molecule has 0 bridgehead atoms. The van der Waals surface area contributed by atoms with Gasteiger partial charge >= 0.3 is 0 Å². The number of hydrogen-bond acceptors (Lipinski definition) is 3. The van der Waals surface area contributed by atoms with Gasteiger partial charge in [-0.1, -0.05) is 24.6 Å². The number of benzene rings is 1. The second-order valence-corrected chi connectivity index (χ2v) is 5.75. The molecule has 0 aromatic heterocycles. The Morgan fingerprint density at radius 3 is 3.00 bits per heavy atom. The Kier molecular flexibility index (Phi) is 4.04. The van der Waals surface area contributed by atoms with Crippen LogP contribution in [0.15, 0.2) is 24.3 Å². The van der Waals surface area contributed by atoms with E-state index in [-0.39, 0.29) is 0 Å². The summed E-state index contributed by atoms with van der Waals surface area (Å²) in [5.41, 5.74) is 7.31. The third-order valence-corrected chi connectivity index (χ3v) is 4.56. The van der Waals surface area contributed by atoms with Gasteiger partial charge in [0.1, 0.15) is 5.75 Å². The molecule has 0 aliphatic carbocycles. The Morgan fingerprint density at radius 1 is 1.21 bits per heavy atom. The molecule has 0 spiro atoms. The second-order valence-electron chi connectivity index (χ2n) is 5.75. The Labute approximate surface area is 115 Å². The lowest BCUT2D eigenvalue weighted by atomic mass is 9.91. The molecule has 2 aliphatic rings. The molecular weight excluding hydrogens is 236 g/mol. The zero-order chi connectivity index (χ0) is 13.1. The van der Waals surface area contributed by atoms with Crippen LogP contribution >= 0.6 is 0 Å². The van der Waals surface area contributed by atoms with E-state index in [2.05, 4.69) is 29.2 Å².